The molecule has 0 aliphatic heterocycles. The zero-order valence-corrected chi connectivity index (χ0v) is 27.9. The minimum atomic E-state index is -4.20. The van der Waals surface area contributed by atoms with Crippen molar-refractivity contribution in [3.05, 3.63) is 130 Å². The van der Waals surface area contributed by atoms with E-state index >= 15 is 0 Å². The predicted octanol–water partition coefficient (Wildman–Crippen LogP) is 6.71. The van der Waals surface area contributed by atoms with Crippen LogP contribution >= 0.6 is 11.6 Å². The lowest BCUT2D eigenvalue weighted by atomic mass is 10.0. The molecule has 4 aromatic carbocycles. The number of carbonyl (C=O) groups is 2. The minimum Gasteiger partial charge on any atom is -0.350 e. The maximum Gasteiger partial charge on any atom is 0.264 e. The third-order valence-corrected chi connectivity index (χ3v) is 9.49. The monoisotopic (exact) mass is 645 g/mol. The summed E-state index contributed by atoms with van der Waals surface area (Å²) >= 11 is 6.45. The lowest BCUT2D eigenvalue weighted by Gasteiger charge is -2.35. The van der Waals surface area contributed by atoms with Gasteiger partial charge in [0.25, 0.3) is 10.0 Å². The van der Waals surface area contributed by atoms with Crippen LogP contribution in [0.25, 0.3) is 0 Å². The third-order valence-electron chi connectivity index (χ3n) is 7.30. The van der Waals surface area contributed by atoms with Crippen molar-refractivity contribution in [3.63, 3.8) is 0 Å². The van der Waals surface area contributed by atoms with Gasteiger partial charge in [-0.05, 0) is 75.6 Å². The summed E-state index contributed by atoms with van der Waals surface area (Å²) in [6, 6.07) is 29.1. The van der Waals surface area contributed by atoms with E-state index in [-0.39, 0.29) is 29.5 Å². The van der Waals surface area contributed by atoms with Gasteiger partial charge in [-0.1, -0.05) is 96.0 Å². The maximum absolute atomic E-state index is 14.5. The number of benzene rings is 4. The Bertz CT molecular complexity index is 1720. The molecule has 0 spiro atoms. The van der Waals surface area contributed by atoms with Crippen molar-refractivity contribution in [1.82, 2.24) is 10.2 Å². The number of hydrogen-bond acceptors (Lipinski definition) is 4. The van der Waals surface area contributed by atoms with E-state index < -0.39 is 34.1 Å². The second kappa shape index (κ2) is 14.3. The molecule has 1 atom stereocenters. The zero-order chi connectivity index (χ0) is 32.8. The van der Waals surface area contributed by atoms with Gasteiger partial charge in [0, 0.05) is 23.5 Å². The SMILES string of the molecule is Cc1ccc(CN(C(=O)CN(c2ccc(C)c(Cl)c2)S(=O)(=O)c2ccccc2)C(Cc2ccccc2)C(=O)NC(C)(C)C)cc1. The lowest BCUT2D eigenvalue weighted by molar-refractivity contribution is -0.140. The molecule has 0 aliphatic rings. The lowest BCUT2D eigenvalue weighted by Crippen LogP contribution is -2.56. The second-order valence-corrected chi connectivity index (χ2v) is 14.5. The average Bonchev–Trinajstić information content (AvgIpc) is 3.00. The van der Waals surface area contributed by atoms with Crippen molar-refractivity contribution in [2.24, 2.45) is 0 Å². The van der Waals surface area contributed by atoms with Crippen molar-refractivity contribution < 1.29 is 18.0 Å². The fourth-order valence-electron chi connectivity index (χ4n) is 4.88. The molecule has 0 saturated carbocycles. The largest absolute Gasteiger partial charge is 0.350 e. The fraction of sp³-hybridized carbons (Fsp3) is 0.278. The highest BCUT2D eigenvalue weighted by atomic mass is 35.5. The predicted molar refractivity (Wildman–Crippen MR) is 181 cm³/mol. The molecular weight excluding hydrogens is 606 g/mol. The first kappa shape index (κ1) is 33.7. The molecule has 0 radical (unpaired) electrons. The molecule has 0 saturated heterocycles. The molecule has 4 rings (SSSR count). The van der Waals surface area contributed by atoms with Gasteiger partial charge in [-0.2, -0.15) is 0 Å². The van der Waals surface area contributed by atoms with Crippen LogP contribution in [0.5, 0.6) is 0 Å². The van der Waals surface area contributed by atoms with Crippen molar-refractivity contribution in [3.8, 4) is 0 Å². The highest BCUT2D eigenvalue weighted by molar-refractivity contribution is 7.92. The number of rotatable bonds is 11. The molecule has 1 unspecified atom stereocenters. The van der Waals surface area contributed by atoms with Crippen LogP contribution in [0.4, 0.5) is 5.69 Å². The van der Waals surface area contributed by atoms with Gasteiger partial charge in [-0.15, -0.1) is 0 Å². The normalized spacial score (nSPS) is 12.3. The number of halogens is 1. The Kier molecular flexibility index (Phi) is 10.7. The van der Waals surface area contributed by atoms with Crippen molar-refractivity contribution in [2.45, 2.75) is 64.1 Å². The van der Waals surface area contributed by atoms with Crippen molar-refractivity contribution in [2.75, 3.05) is 10.8 Å². The van der Waals surface area contributed by atoms with E-state index in [1.54, 1.807) is 36.4 Å². The average molecular weight is 646 g/mol. The number of sulfonamides is 1. The minimum absolute atomic E-state index is 0.0332. The highest BCUT2D eigenvalue weighted by Gasteiger charge is 2.35. The maximum atomic E-state index is 14.5. The van der Waals surface area contributed by atoms with Crippen molar-refractivity contribution >= 4 is 39.1 Å². The molecule has 0 heterocycles. The van der Waals surface area contributed by atoms with Gasteiger partial charge in [0.05, 0.1) is 10.6 Å². The van der Waals surface area contributed by atoms with Gasteiger partial charge in [0.1, 0.15) is 12.6 Å². The Morgan fingerprint density at radius 2 is 1.42 bits per heavy atom. The molecule has 2 amide bonds. The van der Waals surface area contributed by atoms with E-state index in [0.717, 1.165) is 26.6 Å². The standard InChI is InChI=1S/C36H40ClN3O4S/c1-26-16-19-29(20-17-26)24-39(33(35(42)38-36(3,4)5)22-28-12-8-6-9-13-28)34(41)25-40(30-21-18-27(2)32(37)23-30)45(43,44)31-14-10-7-11-15-31/h6-21,23,33H,22,24-25H2,1-5H3,(H,38,42). The summed E-state index contributed by atoms with van der Waals surface area (Å²) < 4.78 is 29.3. The van der Waals surface area contributed by atoms with Gasteiger partial charge < -0.3 is 10.2 Å². The molecule has 4 aromatic rings. The van der Waals surface area contributed by atoms with Crippen molar-refractivity contribution in [1.29, 1.82) is 0 Å². The Labute approximate surface area is 271 Å². The summed E-state index contributed by atoms with van der Waals surface area (Å²) in [7, 11) is -4.20. The number of aryl methyl sites for hydroxylation is 2. The molecule has 9 heteroatoms. The summed E-state index contributed by atoms with van der Waals surface area (Å²) in [6.45, 7) is 8.99. The second-order valence-electron chi connectivity index (χ2n) is 12.2. The van der Waals surface area contributed by atoms with Crippen LogP contribution in [0.2, 0.25) is 5.02 Å². The Morgan fingerprint density at radius 1 is 0.822 bits per heavy atom. The van der Waals surface area contributed by atoms with E-state index in [1.807, 2.05) is 89.2 Å². The van der Waals surface area contributed by atoms with Crippen LogP contribution in [0.15, 0.2) is 108 Å². The van der Waals surface area contributed by atoms with Gasteiger partial charge >= 0.3 is 0 Å². The van der Waals surface area contributed by atoms with Crippen LogP contribution in [-0.4, -0.2) is 43.3 Å². The van der Waals surface area contributed by atoms with E-state index in [2.05, 4.69) is 5.32 Å². The smallest absolute Gasteiger partial charge is 0.264 e. The number of carbonyl (C=O) groups excluding carboxylic acids is 2. The van der Waals surface area contributed by atoms with Crippen LogP contribution < -0.4 is 9.62 Å². The van der Waals surface area contributed by atoms with Gasteiger partial charge in [-0.25, -0.2) is 8.42 Å². The number of nitrogens with one attached hydrogen (secondary N) is 1. The molecule has 0 bridgehead atoms. The number of anilines is 1. The molecule has 236 valence electrons. The molecule has 1 N–H and O–H groups in total. The molecule has 0 aliphatic carbocycles. The Hall–Kier alpha value is -4.14. The van der Waals surface area contributed by atoms with Crippen LogP contribution in [0.1, 0.15) is 43.0 Å². The summed E-state index contributed by atoms with van der Waals surface area (Å²) in [4.78, 5) is 30.0. The first-order valence-corrected chi connectivity index (χ1v) is 16.6. The van der Waals surface area contributed by atoms with E-state index in [4.69, 9.17) is 11.6 Å². The molecular formula is C36H40ClN3O4S. The van der Waals surface area contributed by atoms with Gasteiger partial charge in [0.15, 0.2) is 0 Å². The number of hydrogen-bond donors (Lipinski definition) is 1. The van der Waals surface area contributed by atoms with Crippen LogP contribution in [0.3, 0.4) is 0 Å². The quantitative estimate of drug-likeness (QED) is 0.197. The summed E-state index contributed by atoms with van der Waals surface area (Å²) in [6.07, 6.45) is 0.238. The van der Waals surface area contributed by atoms with Crippen LogP contribution in [-0.2, 0) is 32.6 Å². The first-order valence-electron chi connectivity index (χ1n) is 14.8. The molecule has 0 fully saturated rings. The summed E-state index contributed by atoms with van der Waals surface area (Å²) in [5.74, 6) is -0.862. The molecule has 0 aromatic heterocycles. The molecule has 7 nitrogen and oxygen atoms in total. The Morgan fingerprint density at radius 3 is 2.00 bits per heavy atom. The first-order chi connectivity index (χ1) is 21.2. The van der Waals surface area contributed by atoms with E-state index in [1.165, 1.54) is 17.0 Å². The van der Waals surface area contributed by atoms with Gasteiger partial charge in [0.2, 0.25) is 11.8 Å². The highest BCUT2D eigenvalue weighted by Crippen LogP contribution is 2.29. The summed E-state index contributed by atoms with van der Waals surface area (Å²) in [5.41, 5.74) is 3.19. The van der Waals surface area contributed by atoms with Gasteiger partial charge in [-0.3, -0.25) is 13.9 Å². The van der Waals surface area contributed by atoms with E-state index in [9.17, 15) is 18.0 Å². The van der Waals surface area contributed by atoms with Crippen LogP contribution in [0, 0.1) is 13.8 Å². The number of amides is 2. The fourth-order valence-corrected chi connectivity index (χ4v) is 6.48. The topological polar surface area (TPSA) is 86.8 Å². The van der Waals surface area contributed by atoms with E-state index in [0.29, 0.717) is 5.02 Å². The zero-order valence-electron chi connectivity index (χ0n) is 26.3. The molecule has 45 heavy (non-hydrogen) atoms. The Balaban J connectivity index is 1.82. The summed E-state index contributed by atoms with van der Waals surface area (Å²) in [5, 5.41) is 3.41. The third kappa shape index (κ3) is 8.96. The number of nitrogens with zero attached hydrogens (tertiary/aromatic N) is 2.